The molecule has 154 valence electrons. The fraction of sp³-hybridized carbons (Fsp3) is 0.727. The maximum Gasteiger partial charge on any atom is 0.224 e. The van der Waals surface area contributed by atoms with Crippen molar-refractivity contribution in [1.29, 1.82) is 0 Å². The normalized spacial score (nSPS) is 20.4. The molecule has 1 saturated carbocycles. The summed E-state index contributed by atoms with van der Waals surface area (Å²) in [4.78, 5) is 36.2. The molecular weight excluding hydrogens is 352 g/mol. The Bertz CT molecular complexity index is 689. The summed E-state index contributed by atoms with van der Waals surface area (Å²) in [6.07, 6.45) is 8.44. The number of rotatable bonds is 6. The summed E-state index contributed by atoms with van der Waals surface area (Å²) in [6.45, 7) is 7.53. The van der Waals surface area contributed by atoms with Crippen LogP contribution in [-0.4, -0.2) is 45.8 Å². The number of carbonyl (C=O) groups excluding carboxylic acids is 2. The van der Waals surface area contributed by atoms with Gasteiger partial charge in [-0.25, -0.2) is 9.97 Å². The number of aryl methyl sites for hydroxylation is 2. The zero-order valence-corrected chi connectivity index (χ0v) is 17.6. The Morgan fingerprint density at radius 2 is 1.75 bits per heavy atom. The zero-order valence-electron chi connectivity index (χ0n) is 17.6. The molecular formula is C22H34N4O2. The quantitative estimate of drug-likeness (QED) is 0.815. The first-order valence-electron chi connectivity index (χ1n) is 10.9. The van der Waals surface area contributed by atoms with Gasteiger partial charge in [-0.3, -0.25) is 9.59 Å². The fourth-order valence-corrected chi connectivity index (χ4v) is 4.50. The van der Waals surface area contributed by atoms with E-state index in [0.717, 1.165) is 61.4 Å². The molecule has 2 aliphatic rings. The summed E-state index contributed by atoms with van der Waals surface area (Å²) in [7, 11) is 0. The van der Waals surface area contributed by atoms with E-state index in [1.54, 1.807) is 0 Å². The first-order chi connectivity index (χ1) is 13.5. The molecule has 3 rings (SSSR count). The van der Waals surface area contributed by atoms with Crippen molar-refractivity contribution >= 4 is 11.8 Å². The number of amides is 2. The Kier molecular flexibility index (Phi) is 7.03. The van der Waals surface area contributed by atoms with Crippen molar-refractivity contribution in [3.8, 4) is 0 Å². The molecule has 0 unspecified atom stereocenters. The lowest BCUT2D eigenvalue weighted by molar-refractivity contribution is -0.132. The molecule has 1 aliphatic heterocycles. The lowest BCUT2D eigenvalue weighted by Gasteiger charge is -2.32. The maximum absolute atomic E-state index is 12.4. The van der Waals surface area contributed by atoms with Gasteiger partial charge in [0.05, 0.1) is 6.42 Å². The van der Waals surface area contributed by atoms with Crippen molar-refractivity contribution < 1.29 is 9.59 Å². The van der Waals surface area contributed by atoms with Crippen molar-refractivity contribution in [3.63, 3.8) is 0 Å². The van der Waals surface area contributed by atoms with Crippen molar-refractivity contribution in [3.05, 3.63) is 22.8 Å². The summed E-state index contributed by atoms with van der Waals surface area (Å²) in [5, 5.41) is 3.15. The Balaban J connectivity index is 1.67. The average Bonchev–Trinajstić information content (AvgIpc) is 3.18. The molecule has 0 aromatic carbocycles. The first-order valence-corrected chi connectivity index (χ1v) is 10.9. The highest BCUT2D eigenvalue weighted by Crippen LogP contribution is 2.26. The highest BCUT2D eigenvalue weighted by molar-refractivity contribution is 5.79. The Morgan fingerprint density at radius 3 is 2.39 bits per heavy atom. The van der Waals surface area contributed by atoms with Crippen molar-refractivity contribution in [2.24, 2.45) is 0 Å². The summed E-state index contributed by atoms with van der Waals surface area (Å²) in [5.41, 5.74) is 2.72. The van der Waals surface area contributed by atoms with Crippen LogP contribution in [0.5, 0.6) is 0 Å². The van der Waals surface area contributed by atoms with Gasteiger partial charge in [-0.1, -0.05) is 19.8 Å². The lowest BCUT2D eigenvalue weighted by Crippen LogP contribution is -2.39. The van der Waals surface area contributed by atoms with E-state index in [1.807, 2.05) is 25.7 Å². The molecule has 1 aliphatic carbocycles. The van der Waals surface area contributed by atoms with Gasteiger partial charge in [0.25, 0.3) is 0 Å². The van der Waals surface area contributed by atoms with E-state index in [0.29, 0.717) is 25.4 Å². The van der Waals surface area contributed by atoms with Crippen LogP contribution in [0, 0.1) is 13.8 Å². The number of piperidine rings is 1. The summed E-state index contributed by atoms with van der Waals surface area (Å²) < 4.78 is 0. The van der Waals surface area contributed by atoms with Crippen LogP contribution in [0.2, 0.25) is 0 Å². The van der Waals surface area contributed by atoms with Gasteiger partial charge in [0.15, 0.2) is 0 Å². The van der Waals surface area contributed by atoms with E-state index >= 15 is 0 Å². The van der Waals surface area contributed by atoms with Crippen LogP contribution in [0.3, 0.4) is 0 Å². The standard InChI is InChI=1S/C22H34N4O2/c1-4-8-21(28)26-12-7-9-17(14-26)22-23-15(2)19(16(3)24-22)13-20(27)25-18-10-5-6-11-18/h17-18H,4-14H2,1-3H3,(H,25,27)/t17-/m0/s1. The minimum atomic E-state index is 0.0726. The van der Waals surface area contributed by atoms with E-state index in [1.165, 1.54) is 12.8 Å². The van der Waals surface area contributed by atoms with E-state index in [2.05, 4.69) is 5.32 Å². The minimum Gasteiger partial charge on any atom is -0.353 e. The molecule has 0 radical (unpaired) electrons. The molecule has 1 saturated heterocycles. The van der Waals surface area contributed by atoms with Crippen LogP contribution in [-0.2, 0) is 16.0 Å². The van der Waals surface area contributed by atoms with Gasteiger partial charge < -0.3 is 10.2 Å². The Labute approximate surface area is 168 Å². The largest absolute Gasteiger partial charge is 0.353 e. The van der Waals surface area contributed by atoms with Crippen molar-refractivity contribution in [2.75, 3.05) is 13.1 Å². The molecule has 1 N–H and O–H groups in total. The highest BCUT2D eigenvalue weighted by atomic mass is 16.2. The van der Waals surface area contributed by atoms with E-state index in [9.17, 15) is 9.59 Å². The predicted molar refractivity (Wildman–Crippen MR) is 109 cm³/mol. The van der Waals surface area contributed by atoms with Gasteiger partial charge in [-0.2, -0.15) is 0 Å². The second-order valence-corrected chi connectivity index (χ2v) is 8.39. The molecule has 0 bridgehead atoms. The number of nitrogens with zero attached hydrogens (tertiary/aromatic N) is 3. The van der Waals surface area contributed by atoms with Gasteiger partial charge in [0.2, 0.25) is 11.8 Å². The number of hydrogen-bond donors (Lipinski definition) is 1. The van der Waals surface area contributed by atoms with Crippen LogP contribution in [0.15, 0.2) is 0 Å². The van der Waals surface area contributed by atoms with Crippen LogP contribution < -0.4 is 5.32 Å². The van der Waals surface area contributed by atoms with Gasteiger partial charge in [-0.05, 0) is 46.0 Å². The summed E-state index contributed by atoms with van der Waals surface area (Å²) in [5.74, 6) is 1.32. The SMILES string of the molecule is CCCC(=O)N1CCC[C@H](c2nc(C)c(CC(=O)NC3CCCC3)c(C)n2)C1. The number of nitrogens with one attached hydrogen (secondary N) is 1. The van der Waals surface area contributed by atoms with Crippen molar-refractivity contribution in [2.45, 2.75) is 90.5 Å². The van der Waals surface area contributed by atoms with E-state index in [4.69, 9.17) is 9.97 Å². The summed E-state index contributed by atoms with van der Waals surface area (Å²) in [6, 6.07) is 0.335. The zero-order chi connectivity index (χ0) is 20.1. The van der Waals surface area contributed by atoms with Crippen molar-refractivity contribution in [1.82, 2.24) is 20.2 Å². The van der Waals surface area contributed by atoms with Crippen LogP contribution >= 0.6 is 0 Å². The molecule has 1 aromatic heterocycles. The van der Waals surface area contributed by atoms with Gasteiger partial charge in [-0.15, -0.1) is 0 Å². The second kappa shape index (κ2) is 9.48. The number of carbonyl (C=O) groups is 2. The molecule has 1 aromatic rings. The molecule has 1 atom stereocenters. The van der Waals surface area contributed by atoms with Gasteiger partial charge in [0, 0.05) is 48.4 Å². The molecule has 28 heavy (non-hydrogen) atoms. The van der Waals surface area contributed by atoms with Gasteiger partial charge in [0.1, 0.15) is 5.82 Å². The molecule has 0 spiro atoms. The first kappa shape index (κ1) is 20.7. The minimum absolute atomic E-state index is 0.0726. The molecule has 2 heterocycles. The van der Waals surface area contributed by atoms with E-state index < -0.39 is 0 Å². The lowest BCUT2D eigenvalue weighted by atomic mass is 9.96. The predicted octanol–water partition coefficient (Wildman–Crippen LogP) is 3.20. The smallest absolute Gasteiger partial charge is 0.224 e. The van der Waals surface area contributed by atoms with Crippen LogP contribution in [0.4, 0.5) is 0 Å². The van der Waals surface area contributed by atoms with E-state index in [-0.39, 0.29) is 17.7 Å². The number of hydrogen-bond acceptors (Lipinski definition) is 4. The monoisotopic (exact) mass is 386 g/mol. The Morgan fingerprint density at radius 1 is 1.07 bits per heavy atom. The molecule has 6 nitrogen and oxygen atoms in total. The molecule has 6 heteroatoms. The highest BCUT2D eigenvalue weighted by Gasteiger charge is 2.27. The third-order valence-corrected chi connectivity index (χ3v) is 6.10. The summed E-state index contributed by atoms with van der Waals surface area (Å²) >= 11 is 0. The third kappa shape index (κ3) is 5.09. The maximum atomic E-state index is 12.4. The topological polar surface area (TPSA) is 75.2 Å². The third-order valence-electron chi connectivity index (χ3n) is 6.10. The molecule has 2 fully saturated rings. The van der Waals surface area contributed by atoms with Crippen LogP contribution in [0.25, 0.3) is 0 Å². The fourth-order valence-electron chi connectivity index (χ4n) is 4.50. The number of aromatic nitrogens is 2. The average molecular weight is 387 g/mol. The van der Waals surface area contributed by atoms with Gasteiger partial charge >= 0.3 is 0 Å². The number of likely N-dealkylation sites (tertiary alicyclic amines) is 1. The van der Waals surface area contributed by atoms with Crippen LogP contribution in [0.1, 0.15) is 87.0 Å². The second-order valence-electron chi connectivity index (χ2n) is 8.39. The Hall–Kier alpha value is -1.98. The molecule has 2 amide bonds.